The summed E-state index contributed by atoms with van der Waals surface area (Å²) in [6.07, 6.45) is 4.61. The molecule has 1 aliphatic rings. The molecule has 3 amide bonds. The zero-order chi connectivity index (χ0) is 20.8. The number of pyridine rings is 1. The molecule has 1 fully saturated rings. The van der Waals surface area contributed by atoms with E-state index in [2.05, 4.69) is 15.6 Å². The van der Waals surface area contributed by atoms with Crippen LogP contribution in [0.1, 0.15) is 23.2 Å². The molecule has 1 aromatic heterocycles. The molecule has 0 unspecified atom stereocenters. The Bertz CT molecular complexity index is 902. The van der Waals surface area contributed by atoms with Crippen molar-refractivity contribution in [1.29, 1.82) is 0 Å². The summed E-state index contributed by atoms with van der Waals surface area (Å²) < 4.78 is 13.1. The first-order valence-electron chi connectivity index (χ1n) is 9.17. The highest BCUT2D eigenvalue weighted by Gasteiger charge is 2.24. The highest BCUT2D eigenvalue weighted by atomic mass is 35.5. The predicted octanol–water partition coefficient (Wildman–Crippen LogP) is 2.48. The maximum absolute atomic E-state index is 13.1. The van der Waals surface area contributed by atoms with E-state index in [1.54, 1.807) is 29.4 Å². The van der Waals surface area contributed by atoms with Gasteiger partial charge in [-0.1, -0.05) is 11.6 Å². The minimum absolute atomic E-state index is 0.0575. The van der Waals surface area contributed by atoms with Gasteiger partial charge in [0.15, 0.2) is 0 Å². The molecule has 2 heterocycles. The number of nitrogens with one attached hydrogen (secondary N) is 2. The van der Waals surface area contributed by atoms with Gasteiger partial charge in [0, 0.05) is 37.7 Å². The first-order valence-corrected chi connectivity index (χ1v) is 9.55. The number of hydrogen-bond acceptors (Lipinski definition) is 4. The van der Waals surface area contributed by atoms with Crippen LogP contribution in [-0.2, 0) is 9.59 Å². The normalized spacial score (nSPS) is 14.3. The molecule has 1 saturated heterocycles. The third kappa shape index (κ3) is 5.51. The number of benzene rings is 1. The second-order valence-corrected chi connectivity index (χ2v) is 7.18. The molecule has 2 N–H and O–H groups in total. The molecule has 152 valence electrons. The third-order valence-corrected chi connectivity index (χ3v) is 5.03. The molecule has 0 aliphatic carbocycles. The summed E-state index contributed by atoms with van der Waals surface area (Å²) in [4.78, 5) is 42.1. The van der Waals surface area contributed by atoms with Crippen molar-refractivity contribution < 1.29 is 18.8 Å². The second-order valence-electron chi connectivity index (χ2n) is 6.77. The third-order valence-electron chi connectivity index (χ3n) is 4.75. The number of carbonyl (C=O) groups is 3. The molecular formula is C20H20ClFN4O3. The number of carbonyl (C=O) groups excluding carboxylic acids is 3. The van der Waals surface area contributed by atoms with E-state index in [-0.39, 0.29) is 22.5 Å². The Morgan fingerprint density at radius 2 is 1.93 bits per heavy atom. The molecule has 0 bridgehead atoms. The van der Waals surface area contributed by atoms with Crippen LogP contribution in [0, 0.1) is 11.7 Å². The molecule has 1 aliphatic heterocycles. The topological polar surface area (TPSA) is 91.4 Å². The maximum atomic E-state index is 13.1. The van der Waals surface area contributed by atoms with E-state index < -0.39 is 17.6 Å². The molecular weight excluding hydrogens is 399 g/mol. The van der Waals surface area contributed by atoms with Gasteiger partial charge in [0.2, 0.25) is 0 Å². The predicted molar refractivity (Wildman–Crippen MR) is 106 cm³/mol. The SMILES string of the molecule is O=C(NCC1CCN(C(=O)c2cccnc2)CC1)C(=O)Nc1ccc(F)c(Cl)c1. The first kappa shape index (κ1) is 20.7. The zero-order valence-electron chi connectivity index (χ0n) is 15.5. The summed E-state index contributed by atoms with van der Waals surface area (Å²) in [6.45, 7) is 1.49. The number of amides is 3. The lowest BCUT2D eigenvalue weighted by atomic mass is 9.96. The molecule has 0 atom stereocenters. The molecule has 0 saturated carbocycles. The monoisotopic (exact) mass is 418 g/mol. The molecule has 0 spiro atoms. The summed E-state index contributed by atoms with van der Waals surface area (Å²) in [5, 5.41) is 4.84. The quantitative estimate of drug-likeness (QED) is 0.746. The highest BCUT2D eigenvalue weighted by Crippen LogP contribution is 2.20. The van der Waals surface area contributed by atoms with Gasteiger partial charge in [-0.05, 0) is 49.1 Å². The standard InChI is InChI=1S/C20H20ClFN4O3/c21-16-10-15(3-4-17(16)22)25-19(28)18(27)24-11-13-5-8-26(9-6-13)20(29)14-2-1-7-23-12-14/h1-4,7,10,12-13H,5-6,8-9,11H2,(H,24,27)(H,25,28). The zero-order valence-corrected chi connectivity index (χ0v) is 16.3. The fraction of sp³-hybridized carbons (Fsp3) is 0.300. The van der Waals surface area contributed by atoms with Crippen LogP contribution >= 0.6 is 11.6 Å². The average Bonchev–Trinajstić information content (AvgIpc) is 2.75. The van der Waals surface area contributed by atoms with Crippen LogP contribution in [0.2, 0.25) is 5.02 Å². The number of halogens is 2. The van der Waals surface area contributed by atoms with Crippen molar-refractivity contribution in [2.24, 2.45) is 5.92 Å². The minimum atomic E-state index is -0.850. The van der Waals surface area contributed by atoms with Crippen molar-refractivity contribution in [3.8, 4) is 0 Å². The lowest BCUT2D eigenvalue weighted by Crippen LogP contribution is -2.43. The molecule has 3 rings (SSSR count). The first-order chi connectivity index (χ1) is 13.9. The van der Waals surface area contributed by atoms with Crippen LogP contribution < -0.4 is 10.6 Å². The molecule has 9 heteroatoms. The van der Waals surface area contributed by atoms with Crippen LogP contribution in [0.3, 0.4) is 0 Å². The number of aromatic nitrogens is 1. The van der Waals surface area contributed by atoms with Crippen molar-refractivity contribution in [3.63, 3.8) is 0 Å². The van der Waals surface area contributed by atoms with E-state index in [0.717, 1.165) is 18.9 Å². The van der Waals surface area contributed by atoms with Crippen LogP contribution in [0.15, 0.2) is 42.7 Å². The Balaban J connectivity index is 1.42. The molecule has 1 aromatic carbocycles. The van der Waals surface area contributed by atoms with Gasteiger partial charge >= 0.3 is 11.8 Å². The van der Waals surface area contributed by atoms with Gasteiger partial charge in [-0.2, -0.15) is 0 Å². The van der Waals surface area contributed by atoms with Crippen LogP contribution in [-0.4, -0.2) is 47.2 Å². The van der Waals surface area contributed by atoms with Crippen molar-refractivity contribution in [1.82, 2.24) is 15.2 Å². The number of anilines is 1. The number of hydrogen-bond donors (Lipinski definition) is 2. The minimum Gasteiger partial charge on any atom is -0.348 e. The summed E-state index contributed by atoms with van der Waals surface area (Å²) in [7, 11) is 0. The summed E-state index contributed by atoms with van der Waals surface area (Å²) in [5.74, 6) is -2.12. The van der Waals surface area contributed by atoms with E-state index in [1.165, 1.54) is 12.1 Å². The van der Waals surface area contributed by atoms with E-state index in [4.69, 9.17) is 11.6 Å². The van der Waals surface area contributed by atoms with Crippen LogP contribution in [0.4, 0.5) is 10.1 Å². The van der Waals surface area contributed by atoms with Gasteiger partial charge in [0.25, 0.3) is 5.91 Å². The molecule has 7 nitrogen and oxygen atoms in total. The smallest absolute Gasteiger partial charge is 0.313 e. The number of likely N-dealkylation sites (tertiary alicyclic amines) is 1. The van der Waals surface area contributed by atoms with Crippen molar-refractivity contribution in [3.05, 3.63) is 59.1 Å². The largest absolute Gasteiger partial charge is 0.348 e. The summed E-state index contributed by atoms with van der Waals surface area (Å²) in [5.41, 5.74) is 0.788. The Hall–Kier alpha value is -3.00. The number of rotatable bonds is 4. The Morgan fingerprint density at radius 1 is 1.17 bits per heavy atom. The average molecular weight is 419 g/mol. The van der Waals surface area contributed by atoms with E-state index in [1.807, 2.05) is 0 Å². The Labute approximate surface area is 172 Å². The van der Waals surface area contributed by atoms with Crippen molar-refractivity contribution in [2.75, 3.05) is 25.0 Å². The fourth-order valence-corrected chi connectivity index (χ4v) is 3.27. The van der Waals surface area contributed by atoms with Gasteiger partial charge in [-0.25, -0.2) is 4.39 Å². The number of piperidine rings is 1. The van der Waals surface area contributed by atoms with Crippen LogP contribution in [0.25, 0.3) is 0 Å². The van der Waals surface area contributed by atoms with Gasteiger partial charge in [0.1, 0.15) is 5.82 Å². The van der Waals surface area contributed by atoms with E-state index in [9.17, 15) is 18.8 Å². The van der Waals surface area contributed by atoms with Crippen molar-refractivity contribution >= 4 is 35.0 Å². The molecule has 2 aromatic rings. The highest BCUT2D eigenvalue weighted by molar-refractivity contribution is 6.39. The molecule has 0 radical (unpaired) electrons. The Kier molecular flexibility index (Phi) is 6.77. The number of nitrogens with zero attached hydrogens (tertiary/aromatic N) is 2. The second kappa shape index (κ2) is 9.47. The van der Waals surface area contributed by atoms with E-state index in [0.29, 0.717) is 25.2 Å². The molecule has 29 heavy (non-hydrogen) atoms. The summed E-state index contributed by atoms with van der Waals surface area (Å²) in [6, 6.07) is 7.11. The summed E-state index contributed by atoms with van der Waals surface area (Å²) >= 11 is 5.65. The van der Waals surface area contributed by atoms with Gasteiger partial charge < -0.3 is 15.5 Å². The van der Waals surface area contributed by atoms with Gasteiger partial charge in [0.05, 0.1) is 10.6 Å². The van der Waals surface area contributed by atoms with Crippen LogP contribution in [0.5, 0.6) is 0 Å². The lowest BCUT2D eigenvalue weighted by molar-refractivity contribution is -0.136. The van der Waals surface area contributed by atoms with Crippen molar-refractivity contribution in [2.45, 2.75) is 12.8 Å². The Morgan fingerprint density at radius 3 is 2.59 bits per heavy atom. The fourth-order valence-electron chi connectivity index (χ4n) is 3.09. The van der Waals surface area contributed by atoms with E-state index >= 15 is 0 Å². The van der Waals surface area contributed by atoms with Gasteiger partial charge in [-0.3, -0.25) is 19.4 Å². The maximum Gasteiger partial charge on any atom is 0.313 e. The van der Waals surface area contributed by atoms with Gasteiger partial charge in [-0.15, -0.1) is 0 Å². The lowest BCUT2D eigenvalue weighted by Gasteiger charge is -2.32.